The van der Waals surface area contributed by atoms with Crippen LogP contribution in [0.5, 0.6) is 0 Å². The number of piperidine rings is 1. The van der Waals surface area contributed by atoms with Gasteiger partial charge >= 0.3 is 6.09 Å². The molecule has 1 atom stereocenters. The summed E-state index contributed by atoms with van der Waals surface area (Å²) in [6.07, 6.45) is 8.17. The van der Waals surface area contributed by atoms with E-state index in [1.54, 1.807) is 11.1 Å². The monoisotopic (exact) mass is 375 g/mol. The van der Waals surface area contributed by atoms with Crippen LogP contribution >= 0.6 is 0 Å². The zero-order valence-corrected chi connectivity index (χ0v) is 17.8. The lowest BCUT2D eigenvalue weighted by molar-refractivity contribution is 0.0577. The third-order valence-corrected chi connectivity index (χ3v) is 4.91. The zero-order valence-electron chi connectivity index (χ0n) is 17.8. The van der Waals surface area contributed by atoms with Gasteiger partial charge in [-0.3, -0.25) is 9.80 Å². The molecule has 0 spiro atoms. The van der Waals surface area contributed by atoms with Crippen molar-refractivity contribution >= 4 is 11.9 Å². The highest BCUT2D eigenvalue weighted by molar-refractivity contribution is 5.87. The number of nitrogens with zero attached hydrogens (tertiary/aromatic N) is 3. The second-order valence-corrected chi connectivity index (χ2v) is 8.45. The van der Waals surface area contributed by atoms with Crippen LogP contribution in [0, 0.1) is 0 Å². The van der Waals surface area contributed by atoms with Crippen LogP contribution in [0.3, 0.4) is 0 Å². The Balaban J connectivity index is 2.36. The van der Waals surface area contributed by atoms with Gasteiger partial charge in [0, 0.05) is 24.3 Å². The average Bonchev–Trinajstić information content (AvgIpc) is 2.62. The van der Waals surface area contributed by atoms with E-state index in [-0.39, 0.29) is 6.09 Å². The third-order valence-electron chi connectivity index (χ3n) is 4.91. The van der Waals surface area contributed by atoms with Crippen molar-refractivity contribution in [3.63, 3.8) is 0 Å². The molecule has 1 aromatic heterocycles. The maximum atomic E-state index is 13.0. The summed E-state index contributed by atoms with van der Waals surface area (Å²) in [5.41, 5.74) is 0.642. The molecule has 0 N–H and O–H groups in total. The lowest BCUT2D eigenvalue weighted by Gasteiger charge is -2.37. The number of amides is 1. The van der Waals surface area contributed by atoms with Crippen molar-refractivity contribution in [1.82, 2.24) is 9.88 Å². The molecule has 0 unspecified atom stereocenters. The number of hydrogen-bond donors (Lipinski definition) is 0. The SMILES string of the molecule is CCCCN(C(=O)OC(C)(C)C)c1ncccc1[C@H]1CCCCN1CCC. The normalized spacial score (nSPS) is 18.3. The quantitative estimate of drug-likeness (QED) is 0.626. The van der Waals surface area contributed by atoms with E-state index in [2.05, 4.69) is 29.8 Å². The molecule has 1 saturated heterocycles. The summed E-state index contributed by atoms with van der Waals surface area (Å²) in [5.74, 6) is 0.771. The lowest BCUT2D eigenvalue weighted by atomic mass is 9.95. The van der Waals surface area contributed by atoms with Gasteiger partial charge < -0.3 is 4.74 Å². The molecule has 5 nitrogen and oxygen atoms in total. The van der Waals surface area contributed by atoms with Crippen molar-refractivity contribution in [1.29, 1.82) is 0 Å². The molecular formula is C22H37N3O2. The van der Waals surface area contributed by atoms with Gasteiger partial charge in [0.15, 0.2) is 0 Å². The number of unbranched alkanes of at least 4 members (excludes halogenated alkanes) is 1. The number of carbonyl (C=O) groups is 1. The molecule has 0 radical (unpaired) electrons. The second kappa shape index (κ2) is 10.1. The molecule has 0 aromatic carbocycles. The number of ether oxygens (including phenoxy) is 1. The smallest absolute Gasteiger partial charge is 0.416 e. The van der Waals surface area contributed by atoms with Crippen LogP contribution in [0.1, 0.15) is 84.7 Å². The molecule has 152 valence electrons. The number of pyridine rings is 1. The van der Waals surface area contributed by atoms with Gasteiger partial charge in [0.05, 0.1) is 0 Å². The lowest BCUT2D eigenvalue weighted by Crippen LogP contribution is -2.40. The Morgan fingerprint density at radius 1 is 1.30 bits per heavy atom. The van der Waals surface area contributed by atoms with Crippen LogP contribution < -0.4 is 4.90 Å². The second-order valence-electron chi connectivity index (χ2n) is 8.45. The van der Waals surface area contributed by atoms with Gasteiger partial charge in [-0.1, -0.05) is 32.8 Å². The maximum absolute atomic E-state index is 13.0. The summed E-state index contributed by atoms with van der Waals surface area (Å²) in [6, 6.07) is 4.46. The minimum Gasteiger partial charge on any atom is -0.443 e. The molecule has 1 aliphatic heterocycles. The van der Waals surface area contributed by atoms with Crippen LogP contribution in [0.4, 0.5) is 10.6 Å². The Hall–Kier alpha value is -1.62. The highest BCUT2D eigenvalue weighted by Gasteiger charge is 2.31. The van der Waals surface area contributed by atoms with Gasteiger partial charge in [-0.25, -0.2) is 9.78 Å². The molecule has 0 bridgehead atoms. The van der Waals surface area contributed by atoms with E-state index in [1.807, 2.05) is 26.8 Å². The Bertz CT molecular complexity index is 595. The minimum atomic E-state index is -0.518. The number of aromatic nitrogens is 1. The molecule has 1 aromatic rings. The van der Waals surface area contributed by atoms with Gasteiger partial charge in [0.2, 0.25) is 0 Å². The van der Waals surface area contributed by atoms with Crippen LogP contribution in [0.2, 0.25) is 0 Å². The zero-order chi connectivity index (χ0) is 19.9. The highest BCUT2D eigenvalue weighted by atomic mass is 16.6. The van der Waals surface area contributed by atoms with Crippen molar-refractivity contribution in [3.8, 4) is 0 Å². The van der Waals surface area contributed by atoms with Crippen LogP contribution in [0.15, 0.2) is 18.3 Å². The molecule has 2 heterocycles. The standard InChI is InChI=1S/C22H37N3O2/c1-6-8-17-25(21(26)27-22(3,4)5)20-18(12-11-14-23-20)19-13-9-10-16-24(19)15-7-2/h11-12,14,19H,6-10,13,15-17H2,1-5H3/t19-/m1/s1. The largest absolute Gasteiger partial charge is 0.443 e. The molecule has 1 fully saturated rings. The summed E-state index contributed by atoms with van der Waals surface area (Å²) >= 11 is 0. The van der Waals surface area contributed by atoms with Crippen LogP contribution in [0.25, 0.3) is 0 Å². The Labute approximate surface area is 165 Å². The predicted molar refractivity (Wildman–Crippen MR) is 111 cm³/mol. The van der Waals surface area contributed by atoms with E-state index in [9.17, 15) is 4.79 Å². The fourth-order valence-electron chi connectivity index (χ4n) is 3.71. The number of likely N-dealkylation sites (tertiary alicyclic amines) is 1. The van der Waals surface area contributed by atoms with Gasteiger partial charge in [-0.15, -0.1) is 0 Å². The number of anilines is 1. The summed E-state index contributed by atoms with van der Waals surface area (Å²) in [5, 5.41) is 0. The fraction of sp³-hybridized carbons (Fsp3) is 0.727. The van der Waals surface area contributed by atoms with Gasteiger partial charge in [-0.05, 0) is 65.6 Å². The van der Waals surface area contributed by atoms with Crippen molar-refractivity contribution in [2.24, 2.45) is 0 Å². The Morgan fingerprint density at radius 2 is 2.07 bits per heavy atom. The third kappa shape index (κ3) is 6.20. The fourth-order valence-corrected chi connectivity index (χ4v) is 3.71. The van der Waals surface area contributed by atoms with E-state index < -0.39 is 5.60 Å². The average molecular weight is 376 g/mol. The summed E-state index contributed by atoms with van der Waals surface area (Å²) in [7, 11) is 0. The first kappa shape index (κ1) is 21.7. The van der Waals surface area contributed by atoms with Crippen LogP contribution in [-0.2, 0) is 4.74 Å². The van der Waals surface area contributed by atoms with Gasteiger partial charge in [0.1, 0.15) is 11.4 Å². The molecule has 27 heavy (non-hydrogen) atoms. The summed E-state index contributed by atoms with van der Waals surface area (Å²) in [6.45, 7) is 12.9. The Kier molecular flexibility index (Phi) is 8.08. The van der Waals surface area contributed by atoms with E-state index in [4.69, 9.17) is 4.74 Å². The van der Waals surface area contributed by atoms with Crippen LogP contribution in [-0.4, -0.2) is 41.2 Å². The van der Waals surface area contributed by atoms with E-state index in [1.165, 1.54) is 12.8 Å². The first-order chi connectivity index (χ1) is 12.9. The molecular weight excluding hydrogens is 338 g/mol. The van der Waals surface area contributed by atoms with E-state index in [0.717, 1.165) is 50.2 Å². The molecule has 0 aliphatic carbocycles. The van der Waals surface area contributed by atoms with E-state index >= 15 is 0 Å². The summed E-state index contributed by atoms with van der Waals surface area (Å²) in [4.78, 5) is 21.9. The van der Waals surface area contributed by atoms with Crippen molar-refractivity contribution in [3.05, 3.63) is 23.9 Å². The Morgan fingerprint density at radius 3 is 2.74 bits per heavy atom. The van der Waals surface area contributed by atoms with Crippen molar-refractivity contribution in [2.45, 2.75) is 84.8 Å². The predicted octanol–water partition coefficient (Wildman–Crippen LogP) is 5.56. The van der Waals surface area contributed by atoms with Gasteiger partial charge in [-0.2, -0.15) is 0 Å². The molecule has 1 amide bonds. The van der Waals surface area contributed by atoms with Crippen molar-refractivity contribution < 1.29 is 9.53 Å². The first-order valence-electron chi connectivity index (χ1n) is 10.6. The molecule has 5 heteroatoms. The number of carbonyl (C=O) groups excluding carboxylic acids is 1. The number of rotatable bonds is 7. The maximum Gasteiger partial charge on any atom is 0.416 e. The number of hydrogen-bond acceptors (Lipinski definition) is 4. The van der Waals surface area contributed by atoms with E-state index in [0.29, 0.717) is 12.6 Å². The van der Waals surface area contributed by atoms with Crippen molar-refractivity contribution in [2.75, 3.05) is 24.5 Å². The summed E-state index contributed by atoms with van der Waals surface area (Å²) < 4.78 is 5.70. The highest BCUT2D eigenvalue weighted by Crippen LogP contribution is 2.36. The molecule has 2 rings (SSSR count). The van der Waals surface area contributed by atoms with Gasteiger partial charge in [0.25, 0.3) is 0 Å². The minimum absolute atomic E-state index is 0.297. The first-order valence-corrected chi connectivity index (χ1v) is 10.6. The topological polar surface area (TPSA) is 45.7 Å². The molecule has 1 aliphatic rings. The molecule has 0 saturated carbocycles.